The van der Waals surface area contributed by atoms with E-state index in [1.165, 1.54) is 4.88 Å². The summed E-state index contributed by atoms with van der Waals surface area (Å²) in [7, 11) is 0. The molecule has 1 N–H and O–H groups in total. The van der Waals surface area contributed by atoms with Gasteiger partial charge in [-0.25, -0.2) is 0 Å². The van der Waals surface area contributed by atoms with Crippen LogP contribution in [-0.2, 0) is 24.3 Å². The second-order valence-electron chi connectivity index (χ2n) is 7.24. The van der Waals surface area contributed by atoms with Crippen LogP contribution in [0, 0.1) is 19.8 Å². The van der Waals surface area contributed by atoms with Crippen LogP contribution in [-0.4, -0.2) is 40.2 Å². The van der Waals surface area contributed by atoms with Gasteiger partial charge in [0, 0.05) is 35.8 Å². The monoisotopic (exact) mass is 374 g/mol. The number of piperidine rings is 1. The molecular weight excluding hydrogens is 344 g/mol. The number of aryl methyl sites for hydroxylation is 2. The van der Waals surface area contributed by atoms with E-state index in [4.69, 9.17) is 0 Å². The van der Waals surface area contributed by atoms with Crippen LogP contribution >= 0.6 is 11.3 Å². The van der Waals surface area contributed by atoms with E-state index in [-0.39, 0.29) is 5.91 Å². The normalized spacial score (nSPS) is 16.1. The number of nitrogens with zero attached hydrogens (tertiary/aromatic N) is 3. The number of carbonyl (C=O) groups is 1. The summed E-state index contributed by atoms with van der Waals surface area (Å²) in [6, 6.07) is 4.33. The molecule has 142 valence electrons. The highest BCUT2D eigenvalue weighted by Crippen LogP contribution is 2.20. The Morgan fingerprint density at radius 1 is 1.35 bits per heavy atom. The third-order valence-electron chi connectivity index (χ3n) is 5.42. The number of nitrogens with one attached hydrogen (secondary N) is 1. The first-order valence-electron chi connectivity index (χ1n) is 9.61. The highest BCUT2D eigenvalue weighted by Gasteiger charge is 2.21. The van der Waals surface area contributed by atoms with Gasteiger partial charge in [0.05, 0.1) is 12.1 Å². The zero-order valence-corrected chi connectivity index (χ0v) is 16.9. The highest BCUT2D eigenvalue weighted by molar-refractivity contribution is 7.09. The van der Waals surface area contributed by atoms with E-state index >= 15 is 0 Å². The standard InChI is InChI=1S/C20H30N4OS/c1-4-24-16(3)19(15(2)22-24)12-20(25)21-13-17-7-9-23(10-8-17)14-18-6-5-11-26-18/h5-6,11,17H,4,7-10,12-14H2,1-3H3,(H,21,25). The molecule has 0 atom stereocenters. The van der Waals surface area contributed by atoms with E-state index in [2.05, 4.69) is 46.7 Å². The number of carbonyl (C=O) groups excluding carboxylic acids is 1. The summed E-state index contributed by atoms with van der Waals surface area (Å²) < 4.78 is 1.97. The zero-order valence-electron chi connectivity index (χ0n) is 16.1. The fourth-order valence-electron chi connectivity index (χ4n) is 3.75. The van der Waals surface area contributed by atoms with Crippen LogP contribution in [0.2, 0.25) is 0 Å². The Morgan fingerprint density at radius 3 is 2.73 bits per heavy atom. The third kappa shape index (κ3) is 4.74. The Hall–Kier alpha value is -1.66. The van der Waals surface area contributed by atoms with Gasteiger partial charge in [-0.2, -0.15) is 5.10 Å². The van der Waals surface area contributed by atoms with Crippen molar-refractivity contribution < 1.29 is 4.79 Å². The zero-order chi connectivity index (χ0) is 18.5. The van der Waals surface area contributed by atoms with E-state index in [1.807, 2.05) is 22.9 Å². The molecule has 0 spiro atoms. The fourth-order valence-corrected chi connectivity index (χ4v) is 4.50. The number of amides is 1. The van der Waals surface area contributed by atoms with Gasteiger partial charge in [0.15, 0.2) is 0 Å². The maximum atomic E-state index is 12.4. The van der Waals surface area contributed by atoms with Crippen molar-refractivity contribution in [1.82, 2.24) is 20.0 Å². The van der Waals surface area contributed by atoms with Crippen molar-refractivity contribution in [3.05, 3.63) is 39.3 Å². The first-order valence-corrected chi connectivity index (χ1v) is 10.5. The van der Waals surface area contributed by atoms with Crippen molar-refractivity contribution in [2.24, 2.45) is 5.92 Å². The summed E-state index contributed by atoms with van der Waals surface area (Å²) in [5, 5.41) is 9.80. The summed E-state index contributed by atoms with van der Waals surface area (Å²) in [6.45, 7) is 11.1. The predicted molar refractivity (Wildman–Crippen MR) is 106 cm³/mol. The number of aromatic nitrogens is 2. The van der Waals surface area contributed by atoms with Crippen molar-refractivity contribution in [3.8, 4) is 0 Å². The molecule has 1 aliphatic heterocycles. The van der Waals surface area contributed by atoms with Gasteiger partial charge in [0.25, 0.3) is 0 Å². The van der Waals surface area contributed by atoms with Crippen molar-refractivity contribution in [3.63, 3.8) is 0 Å². The van der Waals surface area contributed by atoms with Gasteiger partial charge in [-0.05, 0) is 64.1 Å². The minimum atomic E-state index is 0.118. The summed E-state index contributed by atoms with van der Waals surface area (Å²) in [4.78, 5) is 16.3. The molecule has 0 aliphatic carbocycles. The summed E-state index contributed by atoms with van der Waals surface area (Å²) in [5.74, 6) is 0.715. The summed E-state index contributed by atoms with van der Waals surface area (Å²) in [6.07, 6.45) is 2.77. The van der Waals surface area contributed by atoms with Crippen molar-refractivity contribution in [2.45, 2.75) is 53.1 Å². The molecule has 0 saturated carbocycles. The predicted octanol–water partition coefficient (Wildman–Crippen LogP) is 3.15. The Bertz CT molecular complexity index is 715. The molecule has 0 bridgehead atoms. The lowest BCUT2D eigenvalue weighted by Gasteiger charge is -2.31. The van der Waals surface area contributed by atoms with Crippen LogP contribution in [0.1, 0.15) is 41.6 Å². The molecule has 2 aromatic heterocycles. The second-order valence-corrected chi connectivity index (χ2v) is 8.28. The van der Waals surface area contributed by atoms with E-state index < -0.39 is 0 Å². The van der Waals surface area contributed by atoms with E-state index in [0.29, 0.717) is 12.3 Å². The number of hydrogen-bond acceptors (Lipinski definition) is 4. The van der Waals surface area contributed by atoms with Crippen LogP contribution in [0.15, 0.2) is 17.5 Å². The largest absolute Gasteiger partial charge is 0.356 e. The van der Waals surface area contributed by atoms with E-state index in [9.17, 15) is 4.79 Å². The van der Waals surface area contributed by atoms with Crippen molar-refractivity contribution in [1.29, 1.82) is 0 Å². The first kappa shape index (κ1) is 19.1. The molecule has 26 heavy (non-hydrogen) atoms. The van der Waals surface area contributed by atoms with Crippen LogP contribution in [0.25, 0.3) is 0 Å². The Morgan fingerprint density at radius 2 is 2.12 bits per heavy atom. The minimum absolute atomic E-state index is 0.118. The Balaban J connectivity index is 1.41. The SMILES string of the molecule is CCn1nc(C)c(CC(=O)NCC2CCN(Cc3cccs3)CC2)c1C. The lowest BCUT2D eigenvalue weighted by Crippen LogP contribution is -2.38. The van der Waals surface area contributed by atoms with E-state index in [1.54, 1.807) is 0 Å². The van der Waals surface area contributed by atoms with Crippen LogP contribution in [0.3, 0.4) is 0 Å². The maximum Gasteiger partial charge on any atom is 0.224 e. The Labute approximate surface area is 160 Å². The van der Waals surface area contributed by atoms with Gasteiger partial charge in [-0.1, -0.05) is 6.07 Å². The van der Waals surface area contributed by atoms with Gasteiger partial charge in [0.1, 0.15) is 0 Å². The van der Waals surface area contributed by atoms with Gasteiger partial charge >= 0.3 is 0 Å². The van der Waals surface area contributed by atoms with Crippen molar-refractivity contribution in [2.75, 3.05) is 19.6 Å². The second kappa shape index (κ2) is 8.82. The molecule has 3 rings (SSSR count). The van der Waals surface area contributed by atoms with Crippen molar-refractivity contribution >= 4 is 17.2 Å². The molecule has 1 aliphatic rings. The fraction of sp³-hybridized carbons (Fsp3) is 0.600. The third-order valence-corrected chi connectivity index (χ3v) is 6.28. The highest BCUT2D eigenvalue weighted by atomic mass is 32.1. The molecule has 6 heteroatoms. The van der Waals surface area contributed by atoms with Crippen LogP contribution in [0.5, 0.6) is 0 Å². The molecule has 1 saturated heterocycles. The Kier molecular flexibility index (Phi) is 6.48. The molecule has 0 aromatic carbocycles. The van der Waals surface area contributed by atoms with Gasteiger partial charge in [-0.15, -0.1) is 11.3 Å². The maximum absolute atomic E-state index is 12.4. The molecule has 2 aromatic rings. The van der Waals surface area contributed by atoms with Crippen LogP contribution < -0.4 is 5.32 Å². The molecule has 0 radical (unpaired) electrons. The summed E-state index contributed by atoms with van der Waals surface area (Å²) >= 11 is 1.83. The number of hydrogen-bond donors (Lipinski definition) is 1. The summed E-state index contributed by atoms with van der Waals surface area (Å²) in [5.41, 5.74) is 3.17. The smallest absolute Gasteiger partial charge is 0.224 e. The van der Waals surface area contributed by atoms with Crippen LogP contribution in [0.4, 0.5) is 0 Å². The van der Waals surface area contributed by atoms with Gasteiger partial charge < -0.3 is 5.32 Å². The number of rotatable bonds is 7. The molecule has 1 amide bonds. The van der Waals surface area contributed by atoms with E-state index in [0.717, 1.165) is 62.5 Å². The molecular formula is C20H30N4OS. The average Bonchev–Trinajstić information content (AvgIpc) is 3.24. The molecule has 5 nitrogen and oxygen atoms in total. The molecule has 0 unspecified atom stereocenters. The first-order chi connectivity index (χ1) is 12.6. The lowest BCUT2D eigenvalue weighted by atomic mass is 9.96. The number of thiophene rings is 1. The number of likely N-dealkylation sites (tertiary alicyclic amines) is 1. The lowest BCUT2D eigenvalue weighted by molar-refractivity contribution is -0.120. The minimum Gasteiger partial charge on any atom is -0.356 e. The topological polar surface area (TPSA) is 50.2 Å². The molecule has 1 fully saturated rings. The van der Waals surface area contributed by atoms with Gasteiger partial charge in [-0.3, -0.25) is 14.4 Å². The quantitative estimate of drug-likeness (QED) is 0.810. The average molecular weight is 375 g/mol. The molecule has 3 heterocycles. The van der Waals surface area contributed by atoms with Gasteiger partial charge in [0.2, 0.25) is 5.91 Å².